The van der Waals surface area contributed by atoms with Gasteiger partial charge in [0, 0.05) is 6.54 Å². The van der Waals surface area contributed by atoms with E-state index in [1.54, 1.807) is 0 Å². The van der Waals surface area contributed by atoms with Crippen LogP contribution in [-0.4, -0.2) is 34.7 Å². The lowest BCUT2D eigenvalue weighted by molar-refractivity contribution is -0.142. The van der Waals surface area contributed by atoms with E-state index in [1.165, 1.54) is 4.90 Å². The Morgan fingerprint density at radius 3 is 2.74 bits per heavy atom. The Kier molecular flexibility index (Phi) is 2.89. The van der Waals surface area contributed by atoms with E-state index >= 15 is 0 Å². The molecule has 0 aromatic heterocycles. The van der Waals surface area contributed by atoms with E-state index < -0.39 is 18.1 Å². The quantitative estimate of drug-likeness (QED) is 0.899. The van der Waals surface area contributed by atoms with Crippen molar-refractivity contribution in [2.24, 2.45) is 11.8 Å². The number of ether oxygens (including phenoxy) is 1. The molecule has 1 amide bonds. The monoisotopic (exact) mass is 261 g/mol. The molecule has 1 aromatic carbocycles. The molecule has 3 atom stereocenters. The third kappa shape index (κ3) is 2.28. The summed E-state index contributed by atoms with van der Waals surface area (Å²) in [6.45, 7) is 0.688. The van der Waals surface area contributed by atoms with Gasteiger partial charge in [0.25, 0.3) is 0 Å². The van der Waals surface area contributed by atoms with E-state index in [1.807, 2.05) is 30.3 Å². The molecule has 0 spiro atoms. The van der Waals surface area contributed by atoms with Gasteiger partial charge in [0.1, 0.15) is 12.6 Å². The summed E-state index contributed by atoms with van der Waals surface area (Å²) in [6, 6.07) is 8.66. The molecule has 1 saturated heterocycles. The molecule has 3 rings (SSSR count). The molecule has 2 aliphatic rings. The molecule has 0 radical (unpaired) electrons. The van der Waals surface area contributed by atoms with Crippen LogP contribution in [0.2, 0.25) is 0 Å². The van der Waals surface area contributed by atoms with Gasteiger partial charge in [0.15, 0.2) is 0 Å². The van der Waals surface area contributed by atoms with E-state index in [0.717, 1.165) is 12.0 Å². The maximum atomic E-state index is 11.9. The van der Waals surface area contributed by atoms with Crippen molar-refractivity contribution in [3.63, 3.8) is 0 Å². The number of carbonyl (C=O) groups excluding carboxylic acids is 1. The average Bonchev–Trinajstić information content (AvgIpc) is 3.07. The standard InChI is InChI=1S/C14H15NO4/c16-13(17)12-11-6-10(11)7-15(12)14(18)19-8-9-4-2-1-3-5-9/h1-5,10-12H,6-8H2,(H,16,17)/t10-,11?,12-/m0/s1. The van der Waals surface area contributed by atoms with Gasteiger partial charge in [-0.2, -0.15) is 0 Å². The van der Waals surface area contributed by atoms with Crippen molar-refractivity contribution in [3.05, 3.63) is 35.9 Å². The van der Waals surface area contributed by atoms with Gasteiger partial charge in [-0.15, -0.1) is 0 Å². The number of nitrogens with zero attached hydrogens (tertiary/aromatic N) is 1. The van der Waals surface area contributed by atoms with Crippen molar-refractivity contribution < 1.29 is 19.4 Å². The molecule has 1 heterocycles. The topological polar surface area (TPSA) is 66.8 Å². The molecule has 1 aliphatic heterocycles. The number of benzene rings is 1. The number of aliphatic carboxylic acids is 1. The molecule has 1 aliphatic carbocycles. The molecule has 2 fully saturated rings. The summed E-state index contributed by atoms with van der Waals surface area (Å²) >= 11 is 0. The first kappa shape index (κ1) is 12.0. The van der Waals surface area contributed by atoms with Crippen molar-refractivity contribution in [2.75, 3.05) is 6.54 Å². The number of fused-ring (bicyclic) bond motifs is 1. The van der Waals surface area contributed by atoms with Crippen molar-refractivity contribution in [1.29, 1.82) is 0 Å². The van der Waals surface area contributed by atoms with Crippen LogP contribution >= 0.6 is 0 Å². The second-order valence-corrected chi connectivity index (χ2v) is 5.14. The third-order valence-corrected chi connectivity index (χ3v) is 3.84. The third-order valence-electron chi connectivity index (χ3n) is 3.84. The molecule has 19 heavy (non-hydrogen) atoms. The molecule has 5 heteroatoms. The molecule has 1 aromatic rings. The summed E-state index contributed by atoms with van der Waals surface area (Å²) in [5.74, 6) is -0.450. The maximum Gasteiger partial charge on any atom is 0.410 e. The predicted molar refractivity (Wildman–Crippen MR) is 66.4 cm³/mol. The highest BCUT2D eigenvalue weighted by molar-refractivity contribution is 5.82. The molecule has 100 valence electrons. The zero-order valence-corrected chi connectivity index (χ0v) is 10.4. The SMILES string of the molecule is O=C(O)[C@@H]1C2C[C@H]2CN1C(=O)OCc1ccccc1. The van der Waals surface area contributed by atoms with Crippen molar-refractivity contribution in [2.45, 2.75) is 19.1 Å². The Bertz CT molecular complexity index is 501. The van der Waals surface area contributed by atoms with Crippen LogP contribution in [0.3, 0.4) is 0 Å². The van der Waals surface area contributed by atoms with Gasteiger partial charge in [0.2, 0.25) is 0 Å². The Labute approximate surface area is 110 Å². The summed E-state index contributed by atoms with van der Waals surface area (Å²) < 4.78 is 5.18. The molecular weight excluding hydrogens is 246 g/mol. The van der Waals surface area contributed by atoms with Gasteiger partial charge in [-0.3, -0.25) is 4.90 Å². The second kappa shape index (κ2) is 4.57. The second-order valence-electron chi connectivity index (χ2n) is 5.14. The van der Waals surface area contributed by atoms with Crippen LogP contribution < -0.4 is 0 Å². The van der Waals surface area contributed by atoms with Crippen LogP contribution in [0, 0.1) is 11.8 Å². The first-order chi connectivity index (χ1) is 9.16. The number of carbonyl (C=O) groups is 2. The van der Waals surface area contributed by atoms with Gasteiger partial charge in [0.05, 0.1) is 0 Å². The smallest absolute Gasteiger partial charge is 0.410 e. The highest BCUT2D eigenvalue weighted by atomic mass is 16.6. The number of rotatable bonds is 3. The highest BCUT2D eigenvalue weighted by Crippen LogP contribution is 2.49. The zero-order valence-electron chi connectivity index (χ0n) is 10.4. The first-order valence-corrected chi connectivity index (χ1v) is 6.37. The van der Waals surface area contributed by atoms with E-state index in [-0.39, 0.29) is 12.5 Å². The average molecular weight is 261 g/mol. The highest BCUT2D eigenvalue weighted by Gasteiger charge is 2.57. The van der Waals surface area contributed by atoms with E-state index in [9.17, 15) is 9.59 Å². The van der Waals surface area contributed by atoms with Crippen LogP contribution in [0.1, 0.15) is 12.0 Å². The minimum absolute atomic E-state index is 0.127. The minimum atomic E-state index is -0.929. The fraction of sp³-hybridized carbons (Fsp3) is 0.429. The number of hydrogen-bond acceptors (Lipinski definition) is 3. The summed E-state index contributed by atoms with van der Waals surface area (Å²) in [7, 11) is 0. The molecular formula is C14H15NO4. The van der Waals surface area contributed by atoms with Gasteiger partial charge in [-0.1, -0.05) is 30.3 Å². The lowest BCUT2D eigenvalue weighted by Crippen LogP contribution is -2.43. The normalized spacial score (nSPS) is 27.8. The van der Waals surface area contributed by atoms with E-state index in [4.69, 9.17) is 9.84 Å². The van der Waals surface area contributed by atoms with Gasteiger partial charge in [-0.05, 0) is 23.8 Å². The Balaban J connectivity index is 1.60. The van der Waals surface area contributed by atoms with Crippen LogP contribution in [0.5, 0.6) is 0 Å². The lowest BCUT2D eigenvalue weighted by Gasteiger charge is -2.23. The van der Waals surface area contributed by atoms with Gasteiger partial charge >= 0.3 is 12.1 Å². The zero-order chi connectivity index (χ0) is 13.4. The Morgan fingerprint density at radius 1 is 1.32 bits per heavy atom. The number of piperidine rings is 1. The fourth-order valence-electron chi connectivity index (χ4n) is 2.77. The van der Waals surface area contributed by atoms with Crippen molar-refractivity contribution >= 4 is 12.1 Å². The van der Waals surface area contributed by atoms with Crippen molar-refractivity contribution in [3.8, 4) is 0 Å². The number of hydrogen-bond donors (Lipinski definition) is 1. The van der Waals surface area contributed by atoms with E-state index in [2.05, 4.69) is 0 Å². The number of carboxylic acids is 1. The maximum absolute atomic E-state index is 11.9. The summed E-state index contributed by atoms with van der Waals surface area (Å²) in [5, 5.41) is 9.17. The van der Waals surface area contributed by atoms with Crippen LogP contribution in [-0.2, 0) is 16.1 Å². The first-order valence-electron chi connectivity index (χ1n) is 6.37. The van der Waals surface area contributed by atoms with Crippen LogP contribution in [0.4, 0.5) is 4.79 Å². The van der Waals surface area contributed by atoms with Crippen LogP contribution in [0.25, 0.3) is 0 Å². The minimum Gasteiger partial charge on any atom is -0.480 e. The summed E-state index contributed by atoms with van der Waals surface area (Å²) in [5.41, 5.74) is 0.895. The Morgan fingerprint density at radius 2 is 2.05 bits per heavy atom. The van der Waals surface area contributed by atoms with E-state index in [0.29, 0.717) is 12.5 Å². The van der Waals surface area contributed by atoms with Gasteiger partial charge in [-0.25, -0.2) is 9.59 Å². The number of likely N-dealkylation sites (tertiary alicyclic amines) is 1. The fourth-order valence-corrected chi connectivity index (χ4v) is 2.77. The van der Waals surface area contributed by atoms with Crippen LogP contribution in [0.15, 0.2) is 30.3 Å². The Hall–Kier alpha value is -2.04. The molecule has 1 unspecified atom stereocenters. The van der Waals surface area contributed by atoms with Crippen molar-refractivity contribution in [1.82, 2.24) is 4.90 Å². The largest absolute Gasteiger partial charge is 0.480 e. The predicted octanol–water partition coefficient (Wildman–Crippen LogP) is 1.73. The number of carboxylic acid groups (broad SMARTS) is 1. The molecule has 1 N–H and O–H groups in total. The van der Waals surface area contributed by atoms with Gasteiger partial charge < -0.3 is 9.84 Å². The number of amides is 1. The molecule has 1 saturated carbocycles. The molecule has 0 bridgehead atoms. The summed E-state index contributed by atoms with van der Waals surface area (Å²) in [6.07, 6.45) is 0.392. The summed E-state index contributed by atoms with van der Waals surface area (Å²) in [4.78, 5) is 24.5. The lowest BCUT2D eigenvalue weighted by atomic mass is 10.2. The molecule has 5 nitrogen and oxygen atoms in total.